The van der Waals surface area contributed by atoms with Gasteiger partial charge in [0.15, 0.2) is 6.61 Å². The topological polar surface area (TPSA) is 68.8 Å². The molecule has 1 aliphatic carbocycles. The Bertz CT molecular complexity index is 639. The van der Waals surface area contributed by atoms with Crippen LogP contribution in [-0.2, 0) is 20.8 Å². The van der Waals surface area contributed by atoms with Crippen LogP contribution in [0.3, 0.4) is 0 Å². The van der Waals surface area contributed by atoms with Gasteiger partial charge in [0.1, 0.15) is 5.75 Å². The first-order valence-corrected chi connectivity index (χ1v) is 10.3. The highest BCUT2D eigenvalue weighted by atomic mass is 16.6. The fourth-order valence-electron chi connectivity index (χ4n) is 4.38. The van der Waals surface area contributed by atoms with Crippen molar-refractivity contribution in [2.24, 2.45) is 5.92 Å². The molecule has 1 saturated carbocycles. The summed E-state index contributed by atoms with van der Waals surface area (Å²) in [5.41, 5.74) is 1.89. The molecule has 1 aromatic rings. The molecule has 2 N–H and O–H groups in total. The summed E-state index contributed by atoms with van der Waals surface area (Å²) in [5.74, 6) is 1.41. The average molecular weight is 374 g/mol. The molecule has 2 heterocycles. The van der Waals surface area contributed by atoms with Gasteiger partial charge in [-0.3, -0.25) is 4.79 Å². The van der Waals surface area contributed by atoms with E-state index < -0.39 is 0 Å². The molecule has 2 fully saturated rings. The average Bonchev–Trinajstić information content (AvgIpc) is 2.72. The number of carbonyl (C=O) groups is 1. The lowest BCUT2D eigenvalue weighted by Gasteiger charge is -2.34. The van der Waals surface area contributed by atoms with Crippen molar-refractivity contribution < 1.29 is 19.0 Å². The van der Waals surface area contributed by atoms with Crippen LogP contribution in [0.25, 0.3) is 0 Å². The Morgan fingerprint density at radius 2 is 2.07 bits per heavy atom. The highest BCUT2D eigenvalue weighted by molar-refractivity contribution is 5.95. The van der Waals surface area contributed by atoms with Gasteiger partial charge in [-0.15, -0.1) is 0 Å². The van der Waals surface area contributed by atoms with Gasteiger partial charge >= 0.3 is 0 Å². The van der Waals surface area contributed by atoms with Gasteiger partial charge in [0, 0.05) is 12.6 Å². The van der Waals surface area contributed by atoms with Gasteiger partial charge in [-0.05, 0) is 30.0 Å². The van der Waals surface area contributed by atoms with Crippen LogP contribution in [0.4, 0.5) is 5.69 Å². The molecule has 2 aliphatic heterocycles. The molecule has 2 unspecified atom stereocenters. The van der Waals surface area contributed by atoms with Crippen LogP contribution < -0.4 is 15.4 Å². The van der Waals surface area contributed by atoms with Gasteiger partial charge in [-0.1, -0.05) is 38.2 Å². The highest BCUT2D eigenvalue weighted by Gasteiger charge is 2.28. The molecule has 0 radical (unpaired) electrons. The molecule has 4 rings (SSSR count). The third-order valence-electron chi connectivity index (χ3n) is 5.85. The lowest BCUT2D eigenvalue weighted by atomic mass is 9.83. The van der Waals surface area contributed by atoms with Crippen LogP contribution in [0.2, 0.25) is 0 Å². The fourth-order valence-corrected chi connectivity index (χ4v) is 4.38. The molecule has 1 saturated heterocycles. The van der Waals surface area contributed by atoms with E-state index >= 15 is 0 Å². The lowest BCUT2D eigenvalue weighted by Crippen LogP contribution is -2.47. The minimum absolute atomic E-state index is 0.0904. The van der Waals surface area contributed by atoms with E-state index in [1.54, 1.807) is 0 Å². The number of amides is 1. The van der Waals surface area contributed by atoms with Crippen LogP contribution in [0.1, 0.15) is 44.1 Å². The van der Waals surface area contributed by atoms with E-state index in [4.69, 9.17) is 14.2 Å². The number of hydrogen-bond acceptors (Lipinski definition) is 5. The second-order valence-corrected chi connectivity index (χ2v) is 7.88. The third-order valence-corrected chi connectivity index (χ3v) is 5.85. The summed E-state index contributed by atoms with van der Waals surface area (Å²) in [4.78, 5) is 11.5. The second kappa shape index (κ2) is 9.04. The molecule has 3 aliphatic rings. The summed E-state index contributed by atoms with van der Waals surface area (Å²) >= 11 is 0. The van der Waals surface area contributed by atoms with Crippen molar-refractivity contribution in [3.63, 3.8) is 0 Å². The van der Waals surface area contributed by atoms with Crippen molar-refractivity contribution >= 4 is 11.6 Å². The van der Waals surface area contributed by atoms with E-state index in [0.717, 1.165) is 35.9 Å². The zero-order valence-corrected chi connectivity index (χ0v) is 15.9. The van der Waals surface area contributed by atoms with E-state index in [2.05, 4.69) is 16.7 Å². The Hall–Kier alpha value is -1.63. The number of ether oxygens (including phenoxy) is 3. The van der Waals surface area contributed by atoms with Crippen LogP contribution in [0.15, 0.2) is 18.2 Å². The van der Waals surface area contributed by atoms with Crippen molar-refractivity contribution in [3.05, 3.63) is 23.8 Å². The number of benzene rings is 1. The Balaban J connectivity index is 1.39. The number of fused-ring (bicyclic) bond motifs is 1. The molecular formula is C21H30N2O4. The van der Waals surface area contributed by atoms with Crippen molar-refractivity contribution in [2.45, 2.75) is 57.2 Å². The summed E-state index contributed by atoms with van der Waals surface area (Å²) in [6, 6.07) is 6.27. The highest BCUT2D eigenvalue weighted by Crippen LogP contribution is 2.30. The first-order chi connectivity index (χ1) is 13.3. The van der Waals surface area contributed by atoms with Crippen LogP contribution >= 0.6 is 0 Å². The van der Waals surface area contributed by atoms with Gasteiger partial charge in [-0.2, -0.15) is 0 Å². The maximum atomic E-state index is 11.5. The lowest BCUT2D eigenvalue weighted by molar-refractivity contribution is -0.118. The SMILES string of the molecule is O=C1COc2ccc(CNC(CC3CCCCC3)C3COCCO3)cc2N1. The largest absolute Gasteiger partial charge is 0.482 e. The van der Waals surface area contributed by atoms with E-state index in [0.29, 0.717) is 19.8 Å². The van der Waals surface area contributed by atoms with Gasteiger partial charge in [0.2, 0.25) is 0 Å². The van der Waals surface area contributed by atoms with Crippen LogP contribution in [0.5, 0.6) is 5.75 Å². The number of anilines is 1. The second-order valence-electron chi connectivity index (χ2n) is 7.88. The van der Waals surface area contributed by atoms with E-state index in [9.17, 15) is 4.79 Å². The Morgan fingerprint density at radius 1 is 1.19 bits per heavy atom. The van der Waals surface area contributed by atoms with Crippen molar-refractivity contribution in [3.8, 4) is 5.75 Å². The summed E-state index contributed by atoms with van der Waals surface area (Å²) in [7, 11) is 0. The van der Waals surface area contributed by atoms with Crippen molar-refractivity contribution in [2.75, 3.05) is 31.7 Å². The first-order valence-electron chi connectivity index (χ1n) is 10.3. The maximum absolute atomic E-state index is 11.5. The summed E-state index contributed by atoms with van der Waals surface area (Å²) in [6.45, 7) is 2.86. The first kappa shape index (κ1) is 18.7. The molecule has 0 bridgehead atoms. The monoisotopic (exact) mass is 374 g/mol. The van der Waals surface area contributed by atoms with Crippen LogP contribution in [-0.4, -0.2) is 44.5 Å². The standard InChI is InChI=1S/C21H30N2O4/c24-21-14-27-19-7-6-16(11-18(19)23-21)12-22-17(20-13-25-8-9-26-20)10-15-4-2-1-3-5-15/h6-7,11,15,17,20,22H,1-5,8-10,12-14H2,(H,23,24). The fraction of sp³-hybridized carbons (Fsp3) is 0.667. The van der Waals surface area contributed by atoms with Crippen molar-refractivity contribution in [1.29, 1.82) is 0 Å². The van der Waals surface area contributed by atoms with Gasteiger partial charge in [0.05, 0.1) is 31.6 Å². The van der Waals surface area contributed by atoms with Gasteiger partial charge in [-0.25, -0.2) is 0 Å². The number of nitrogens with one attached hydrogen (secondary N) is 2. The molecule has 27 heavy (non-hydrogen) atoms. The number of rotatable bonds is 6. The predicted molar refractivity (Wildman–Crippen MR) is 103 cm³/mol. The van der Waals surface area contributed by atoms with E-state index in [-0.39, 0.29) is 24.7 Å². The van der Waals surface area contributed by atoms with E-state index in [1.165, 1.54) is 32.1 Å². The quantitative estimate of drug-likeness (QED) is 0.801. The molecule has 0 aromatic heterocycles. The molecule has 1 aromatic carbocycles. The third kappa shape index (κ3) is 5.00. The zero-order valence-electron chi connectivity index (χ0n) is 15.9. The normalized spacial score (nSPS) is 24.6. The minimum Gasteiger partial charge on any atom is -0.482 e. The Kier molecular flexibility index (Phi) is 6.27. The predicted octanol–water partition coefficient (Wildman–Crippen LogP) is 2.86. The zero-order chi connectivity index (χ0) is 18.5. The summed E-state index contributed by atoms with van der Waals surface area (Å²) in [6.07, 6.45) is 7.98. The minimum atomic E-state index is -0.101. The molecule has 6 nitrogen and oxygen atoms in total. The van der Waals surface area contributed by atoms with Crippen LogP contribution in [0, 0.1) is 5.92 Å². The molecule has 1 amide bonds. The summed E-state index contributed by atoms with van der Waals surface area (Å²) < 4.78 is 17.1. The van der Waals surface area contributed by atoms with Gasteiger partial charge in [0.25, 0.3) is 5.91 Å². The molecule has 2 atom stereocenters. The van der Waals surface area contributed by atoms with Gasteiger partial charge < -0.3 is 24.8 Å². The smallest absolute Gasteiger partial charge is 0.262 e. The summed E-state index contributed by atoms with van der Waals surface area (Å²) in [5, 5.41) is 6.59. The molecule has 0 spiro atoms. The Labute approximate surface area is 160 Å². The molecular weight excluding hydrogens is 344 g/mol. The molecule has 6 heteroatoms. The number of hydrogen-bond donors (Lipinski definition) is 2. The maximum Gasteiger partial charge on any atom is 0.262 e. The Morgan fingerprint density at radius 3 is 2.89 bits per heavy atom. The van der Waals surface area contributed by atoms with Crippen molar-refractivity contribution in [1.82, 2.24) is 5.32 Å². The van der Waals surface area contributed by atoms with E-state index in [1.807, 2.05) is 12.1 Å². The molecule has 148 valence electrons. The number of carbonyl (C=O) groups excluding carboxylic acids is 1.